The zero-order valence-electron chi connectivity index (χ0n) is 12.1. The molecule has 0 bridgehead atoms. The van der Waals surface area contributed by atoms with Crippen molar-refractivity contribution in [2.75, 3.05) is 20.8 Å². The summed E-state index contributed by atoms with van der Waals surface area (Å²) in [4.78, 5) is 11.3. The first-order valence-electron chi connectivity index (χ1n) is 6.16. The molecule has 5 heteroatoms. The molecule has 1 N–H and O–H groups in total. The van der Waals surface area contributed by atoms with Gasteiger partial charge in [0.2, 0.25) is 0 Å². The van der Waals surface area contributed by atoms with Crippen LogP contribution in [0.15, 0.2) is 18.2 Å². The summed E-state index contributed by atoms with van der Waals surface area (Å²) >= 11 is 0. The number of aliphatic hydroxyl groups is 1. The van der Waals surface area contributed by atoms with Gasteiger partial charge in [-0.15, -0.1) is 0 Å². The fraction of sp³-hybridized carbons (Fsp3) is 0.500. The quantitative estimate of drug-likeness (QED) is 0.831. The smallest absolute Gasteiger partial charge is 0.337 e. The number of benzene rings is 1. The molecule has 5 nitrogen and oxygen atoms in total. The number of esters is 1. The Kier molecular flexibility index (Phi) is 8.37. The van der Waals surface area contributed by atoms with E-state index in [4.69, 9.17) is 14.6 Å². The summed E-state index contributed by atoms with van der Waals surface area (Å²) in [5.41, 5.74) is 0.383. The Hall–Kier alpha value is -1.75. The second-order valence-electron chi connectivity index (χ2n) is 3.47. The zero-order chi connectivity index (χ0) is 14.8. The van der Waals surface area contributed by atoms with Crippen LogP contribution in [0, 0.1) is 0 Å². The number of aliphatic hydroxyl groups excluding tert-OH is 1. The summed E-state index contributed by atoms with van der Waals surface area (Å²) < 4.78 is 15.1. The van der Waals surface area contributed by atoms with E-state index >= 15 is 0 Å². The Bertz CT molecular complexity index is 389. The van der Waals surface area contributed by atoms with Gasteiger partial charge in [-0.3, -0.25) is 0 Å². The van der Waals surface area contributed by atoms with Gasteiger partial charge >= 0.3 is 5.97 Å². The minimum absolute atomic E-state index is 0.0953. The molecule has 0 aliphatic carbocycles. The lowest BCUT2D eigenvalue weighted by Gasteiger charge is -2.15. The molecule has 0 radical (unpaired) electrons. The number of hydrogen-bond acceptors (Lipinski definition) is 5. The summed E-state index contributed by atoms with van der Waals surface area (Å²) in [6.07, 6.45) is -0.340. The molecule has 108 valence electrons. The topological polar surface area (TPSA) is 65.0 Å². The molecule has 0 fully saturated rings. The van der Waals surface area contributed by atoms with Crippen LogP contribution in [0.2, 0.25) is 0 Å². The van der Waals surface area contributed by atoms with Crippen LogP contribution in [0.1, 0.15) is 31.1 Å². The van der Waals surface area contributed by atoms with Gasteiger partial charge in [-0.25, -0.2) is 4.79 Å². The lowest BCUT2D eigenvalue weighted by atomic mass is 10.2. The van der Waals surface area contributed by atoms with Gasteiger partial charge in [0, 0.05) is 0 Å². The van der Waals surface area contributed by atoms with E-state index in [1.54, 1.807) is 19.1 Å². The van der Waals surface area contributed by atoms with E-state index in [0.29, 0.717) is 17.1 Å². The maximum Gasteiger partial charge on any atom is 0.337 e. The largest absolute Gasteiger partial charge is 0.493 e. The van der Waals surface area contributed by atoms with Crippen LogP contribution in [-0.4, -0.2) is 38.0 Å². The highest BCUT2D eigenvalue weighted by atomic mass is 16.5. The molecule has 1 atom stereocenters. The van der Waals surface area contributed by atoms with Crippen LogP contribution in [0.25, 0.3) is 0 Å². The second kappa shape index (κ2) is 9.22. The third-order valence-electron chi connectivity index (χ3n) is 2.17. The van der Waals surface area contributed by atoms with Crippen LogP contribution in [0.5, 0.6) is 11.5 Å². The maximum atomic E-state index is 11.3. The van der Waals surface area contributed by atoms with Crippen molar-refractivity contribution in [2.24, 2.45) is 0 Å². The molecule has 1 aromatic rings. The maximum absolute atomic E-state index is 11.3. The predicted octanol–water partition coefficient (Wildman–Crippen LogP) is 2.27. The van der Waals surface area contributed by atoms with E-state index in [1.165, 1.54) is 20.3 Å². The lowest BCUT2D eigenvalue weighted by molar-refractivity contribution is 0.0600. The molecule has 0 aliphatic rings. The Morgan fingerprint density at radius 1 is 1.26 bits per heavy atom. The number of carbonyl (C=O) groups excluding carboxylic acids is 1. The van der Waals surface area contributed by atoms with Crippen LogP contribution < -0.4 is 9.47 Å². The van der Waals surface area contributed by atoms with Gasteiger partial charge in [-0.2, -0.15) is 0 Å². The first kappa shape index (κ1) is 17.2. The average molecular weight is 270 g/mol. The first-order chi connectivity index (χ1) is 9.12. The van der Waals surface area contributed by atoms with Gasteiger partial charge in [0.1, 0.15) is 6.10 Å². The Morgan fingerprint density at radius 2 is 1.89 bits per heavy atom. The molecule has 0 aromatic heterocycles. The van der Waals surface area contributed by atoms with E-state index in [2.05, 4.69) is 4.74 Å². The average Bonchev–Trinajstić information content (AvgIpc) is 2.48. The van der Waals surface area contributed by atoms with Crippen LogP contribution in [0.3, 0.4) is 0 Å². The van der Waals surface area contributed by atoms with Gasteiger partial charge in [-0.05, 0) is 25.1 Å². The highest BCUT2D eigenvalue weighted by Crippen LogP contribution is 2.29. The van der Waals surface area contributed by atoms with Crippen molar-refractivity contribution >= 4 is 5.97 Å². The molecule has 0 saturated heterocycles. The standard InChI is InChI=1S/C12H16O5.C2H6/c1-8(7-13)17-10-5-4-9(12(14)16-3)6-11(10)15-2;1-2/h4-6,8,13H,7H2,1-3H3;1-2H3. The Morgan fingerprint density at radius 3 is 2.37 bits per heavy atom. The second-order valence-corrected chi connectivity index (χ2v) is 3.47. The lowest BCUT2D eigenvalue weighted by Crippen LogP contribution is -2.16. The zero-order valence-corrected chi connectivity index (χ0v) is 12.1. The third kappa shape index (κ3) is 5.18. The highest BCUT2D eigenvalue weighted by Gasteiger charge is 2.12. The number of ether oxygens (including phenoxy) is 3. The van der Waals surface area contributed by atoms with Crippen molar-refractivity contribution in [3.63, 3.8) is 0 Å². The SMILES string of the molecule is CC.COC(=O)c1ccc(OC(C)CO)c(OC)c1. The van der Waals surface area contributed by atoms with Crippen molar-refractivity contribution in [3.05, 3.63) is 23.8 Å². The summed E-state index contributed by atoms with van der Waals surface area (Å²) in [6, 6.07) is 4.72. The molecule has 1 unspecified atom stereocenters. The van der Waals surface area contributed by atoms with Crippen molar-refractivity contribution < 1.29 is 24.1 Å². The number of rotatable bonds is 5. The molecule has 1 aromatic carbocycles. The van der Waals surface area contributed by atoms with Crippen molar-refractivity contribution in [1.82, 2.24) is 0 Å². The predicted molar refractivity (Wildman–Crippen MR) is 72.9 cm³/mol. The van der Waals surface area contributed by atoms with Crippen molar-refractivity contribution in [2.45, 2.75) is 26.9 Å². The molecule has 0 amide bonds. The number of hydrogen-bond donors (Lipinski definition) is 1. The summed E-state index contributed by atoms with van der Waals surface area (Å²) in [7, 11) is 2.79. The number of carbonyl (C=O) groups is 1. The third-order valence-corrected chi connectivity index (χ3v) is 2.17. The molecule has 0 heterocycles. The minimum atomic E-state index is -0.440. The van der Waals surface area contributed by atoms with Crippen LogP contribution in [-0.2, 0) is 4.74 Å². The summed E-state index contributed by atoms with van der Waals surface area (Å²) in [5.74, 6) is 0.458. The minimum Gasteiger partial charge on any atom is -0.493 e. The van der Waals surface area contributed by atoms with Gasteiger partial charge in [0.15, 0.2) is 11.5 Å². The molecular formula is C14H22O5. The van der Waals surface area contributed by atoms with Gasteiger partial charge in [0.05, 0.1) is 26.4 Å². The van der Waals surface area contributed by atoms with E-state index in [9.17, 15) is 4.79 Å². The van der Waals surface area contributed by atoms with Crippen LogP contribution >= 0.6 is 0 Å². The van der Waals surface area contributed by atoms with E-state index < -0.39 is 5.97 Å². The summed E-state index contributed by atoms with van der Waals surface area (Å²) in [5, 5.41) is 8.90. The van der Waals surface area contributed by atoms with Gasteiger partial charge in [0.25, 0.3) is 0 Å². The molecule has 1 rings (SSSR count). The molecule has 19 heavy (non-hydrogen) atoms. The van der Waals surface area contributed by atoms with E-state index in [0.717, 1.165) is 0 Å². The molecule has 0 spiro atoms. The fourth-order valence-corrected chi connectivity index (χ4v) is 1.26. The Labute approximate surface area is 114 Å². The molecule has 0 saturated carbocycles. The number of methoxy groups -OCH3 is 2. The summed E-state index contributed by atoms with van der Waals surface area (Å²) in [6.45, 7) is 5.63. The normalized spacial score (nSPS) is 10.8. The van der Waals surface area contributed by atoms with Gasteiger partial charge < -0.3 is 19.3 Å². The molecule has 0 aliphatic heterocycles. The fourth-order valence-electron chi connectivity index (χ4n) is 1.26. The Balaban J connectivity index is 0.00000154. The monoisotopic (exact) mass is 270 g/mol. The van der Waals surface area contributed by atoms with Gasteiger partial charge in [-0.1, -0.05) is 13.8 Å². The van der Waals surface area contributed by atoms with Crippen molar-refractivity contribution in [1.29, 1.82) is 0 Å². The van der Waals surface area contributed by atoms with Crippen LogP contribution in [0.4, 0.5) is 0 Å². The van der Waals surface area contributed by atoms with E-state index in [-0.39, 0.29) is 12.7 Å². The van der Waals surface area contributed by atoms with Crippen molar-refractivity contribution in [3.8, 4) is 11.5 Å². The van der Waals surface area contributed by atoms with E-state index in [1.807, 2.05) is 13.8 Å². The first-order valence-corrected chi connectivity index (χ1v) is 6.16. The highest BCUT2D eigenvalue weighted by molar-refractivity contribution is 5.90. The molecular weight excluding hydrogens is 248 g/mol.